The predicted molar refractivity (Wildman–Crippen MR) is 52.5 cm³/mol. The molecule has 1 N–H and O–H groups in total. The van der Waals surface area contributed by atoms with E-state index < -0.39 is 5.41 Å². The van der Waals surface area contributed by atoms with Crippen molar-refractivity contribution in [2.75, 3.05) is 20.3 Å². The first-order valence-corrected chi connectivity index (χ1v) is 5.07. The second kappa shape index (κ2) is 5.69. The van der Waals surface area contributed by atoms with E-state index in [0.717, 1.165) is 12.8 Å². The number of hydrogen-bond acceptors (Lipinski definition) is 4. The second-order valence-electron chi connectivity index (χ2n) is 3.67. The van der Waals surface area contributed by atoms with Crippen molar-refractivity contribution in [1.82, 2.24) is 5.48 Å². The number of amides is 1. The molecule has 1 aliphatic rings. The number of ether oxygens (including phenoxy) is 1. The van der Waals surface area contributed by atoms with Crippen molar-refractivity contribution in [2.24, 2.45) is 5.41 Å². The van der Waals surface area contributed by atoms with Crippen molar-refractivity contribution in [1.29, 1.82) is 5.26 Å². The van der Waals surface area contributed by atoms with Gasteiger partial charge in [-0.15, -0.1) is 0 Å². The number of nitrogens with zero attached hydrogens (tertiary/aromatic N) is 1. The van der Waals surface area contributed by atoms with Crippen LogP contribution in [0.5, 0.6) is 0 Å². The zero-order valence-corrected chi connectivity index (χ0v) is 8.91. The largest absolute Gasteiger partial charge is 0.382 e. The minimum atomic E-state index is -0.868. The van der Waals surface area contributed by atoms with Crippen LogP contribution in [0.2, 0.25) is 0 Å². The van der Waals surface area contributed by atoms with E-state index in [1.807, 2.05) is 0 Å². The molecule has 1 aliphatic carbocycles. The molecule has 0 aromatic carbocycles. The Morgan fingerprint density at radius 3 is 2.67 bits per heavy atom. The summed E-state index contributed by atoms with van der Waals surface area (Å²) in [5, 5.41) is 9.00. The summed E-state index contributed by atoms with van der Waals surface area (Å²) in [6, 6.07) is 2.09. The lowest BCUT2D eigenvalue weighted by Gasteiger charge is -2.18. The summed E-state index contributed by atoms with van der Waals surface area (Å²) in [7, 11) is 1.55. The fourth-order valence-electron chi connectivity index (χ4n) is 1.71. The maximum absolute atomic E-state index is 11.7. The van der Waals surface area contributed by atoms with Gasteiger partial charge in [-0.2, -0.15) is 5.26 Å². The maximum atomic E-state index is 11.7. The van der Waals surface area contributed by atoms with Gasteiger partial charge in [-0.3, -0.25) is 9.63 Å². The molecule has 1 fully saturated rings. The number of nitrogens with one attached hydrogen (secondary N) is 1. The van der Waals surface area contributed by atoms with Gasteiger partial charge in [0.1, 0.15) is 5.41 Å². The summed E-state index contributed by atoms with van der Waals surface area (Å²) in [4.78, 5) is 16.6. The molecule has 0 aromatic rings. The van der Waals surface area contributed by atoms with Crippen molar-refractivity contribution in [3.8, 4) is 6.07 Å². The number of carbonyl (C=O) groups excluding carboxylic acids is 1. The maximum Gasteiger partial charge on any atom is 0.263 e. The standard InChI is InChI=1S/C10H16N2O3/c1-14-6-7-15-12-9(13)10(8-11)4-2-3-5-10/h2-7H2,1H3,(H,12,13). The molecular weight excluding hydrogens is 196 g/mol. The van der Waals surface area contributed by atoms with Crippen LogP contribution in [0, 0.1) is 16.7 Å². The van der Waals surface area contributed by atoms with Gasteiger partial charge in [-0.1, -0.05) is 12.8 Å². The number of rotatable bonds is 5. The summed E-state index contributed by atoms with van der Waals surface area (Å²) in [5.74, 6) is -0.321. The summed E-state index contributed by atoms with van der Waals surface area (Å²) in [6.45, 7) is 0.712. The molecule has 5 nitrogen and oxygen atoms in total. The zero-order valence-electron chi connectivity index (χ0n) is 8.91. The smallest absolute Gasteiger partial charge is 0.263 e. The minimum absolute atomic E-state index is 0.295. The van der Waals surface area contributed by atoms with Gasteiger partial charge in [0.25, 0.3) is 5.91 Å². The number of nitriles is 1. The Morgan fingerprint density at radius 2 is 2.13 bits per heavy atom. The van der Waals surface area contributed by atoms with Crippen LogP contribution >= 0.6 is 0 Å². The average molecular weight is 212 g/mol. The molecule has 0 spiro atoms. The van der Waals surface area contributed by atoms with Gasteiger partial charge in [0.2, 0.25) is 0 Å². The van der Waals surface area contributed by atoms with E-state index in [9.17, 15) is 4.79 Å². The van der Waals surface area contributed by atoms with Gasteiger partial charge >= 0.3 is 0 Å². The Hall–Kier alpha value is -1.12. The Bertz CT molecular complexity index is 254. The van der Waals surface area contributed by atoms with E-state index in [1.165, 1.54) is 0 Å². The van der Waals surface area contributed by atoms with E-state index in [-0.39, 0.29) is 5.91 Å². The molecule has 0 bridgehead atoms. The topological polar surface area (TPSA) is 71.3 Å². The SMILES string of the molecule is COCCONC(=O)C1(C#N)CCCC1. The van der Waals surface area contributed by atoms with Gasteiger partial charge in [0.15, 0.2) is 0 Å². The second-order valence-corrected chi connectivity index (χ2v) is 3.67. The normalized spacial score (nSPS) is 18.4. The monoisotopic (exact) mass is 212 g/mol. The molecule has 1 saturated carbocycles. The van der Waals surface area contributed by atoms with Crippen LogP contribution < -0.4 is 5.48 Å². The van der Waals surface area contributed by atoms with Gasteiger partial charge < -0.3 is 4.74 Å². The molecule has 0 radical (unpaired) electrons. The fraction of sp³-hybridized carbons (Fsp3) is 0.800. The van der Waals surface area contributed by atoms with E-state index in [2.05, 4.69) is 11.5 Å². The predicted octanol–water partition coefficient (Wildman–Crippen LogP) is 0.765. The first-order chi connectivity index (χ1) is 7.25. The third-order valence-corrected chi connectivity index (χ3v) is 2.66. The lowest BCUT2D eigenvalue weighted by Crippen LogP contribution is -2.38. The van der Waals surface area contributed by atoms with Crippen LogP contribution in [0.15, 0.2) is 0 Å². The van der Waals surface area contributed by atoms with Crippen LogP contribution in [0.4, 0.5) is 0 Å². The Balaban J connectivity index is 2.35. The number of hydrogen-bond donors (Lipinski definition) is 1. The van der Waals surface area contributed by atoms with E-state index in [4.69, 9.17) is 14.8 Å². The quantitative estimate of drug-likeness (QED) is 0.539. The molecular formula is C10H16N2O3. The Labute approximate surface area is 89.3 Å². The van der Waals surface area contributed by atoms with Crippen LogP contribution in [0.25, 0.3) is 0 Å². The van der Waals surface area contributed by atoms with Crippen LogP contribution in [-0.4, -0.2) is 26.2 Å². The van der Waals surface area contributed by atoms with Crippen molar-refractivity contribution in [2.45, 2.75) is 25.7 Å². The zero-order chi connectivity index (χ0) is 11.1. The molecule has 0 atom stereocenters. The molecule has 5 heteroatoms. The molecule has 0 heterocycles. The first-order valence-electron chi connectivity index (χ1n) is 5.07. The van der Waals surface area contributed by atoms with Crippen LogP contribution in [0.3, 0.4) is 0 Å². The first kappa shape index (κ1) is 12.0. The van der Waals surface area contributed by atoms with Crippen molar-refractivity contribution < 1.29 is 14.4 Å². The van der Waals surface area contributed by atoms with E-state index in [1.54, 1.807) is 7.11 Å². The van der Waals surface area contributed by atoms with Crippen LogP contribution in [0.1, 0.15) is 25.7 Å². The molecule has 0 saturated heterocycles. The van der Waals surface area contributed by atoms with Crippen molar-refractivity contribution in [3.05, 3.63) is 0 Å². The lowest BCUT2D eigenvalue weighted by molar-refractivity contribution is -0.142. The van der Waals surface area contributed by atoms with Gasteiger partial charge in [-0.25, -0.2) is 5.48 Å². The number of carbonyl (C=O) groups is 1. The molecule has 0 aliphatic heterocycles. The summed E-state index contributed by atoms with van der Waals surface area (Å²) in [5.41, 5.74) is 1.44. The fourth-order valence-corrected chi connectivity index (χ4v) is 1.71. The molecule has 15 heavy (non-hydrogen) atoms. The van der Waals surface area contributed by atoms with Gasteiger partial charge in [0.05, 0.1) is 19.3 Å². The summed E-state index contributed by atoms with van der Waals surface area (Å²) >= 11 is 0. The molecule has 0 unspecified atom stereocenters. The summed E-state index contributed by atoms with van der Waals surface area (Å²) < 4.78 is 4.76. The highest BCUT2D eigenvalue weighted by molar-refractivity contribution is 5.84. The molecule has 0 aromatic heterocycles. The summed E-state index contributed by atoms with van der Waals surface area (Å²) in [6.07, 6.45) is 3.12. The number of hydroxylamine groups is 1. The Morgan fingerprint density at radius 1 is 1.47 bits per heavy atom. The van der Waals surface area contributed by atoms with E-state index >= 15 is 0 Å². The average Bonchev–Trinajstić information content (AvgIpc) is 2.74. The molecule has 84 valence electrons. The highest BCUT2D eigenvalue weighted by Gasteiger charge is 2.41. The van der Waals surface area contributed by atoms with Crippen molar-refractivity contribution in [3.63, 3.8) is 0 Å². The van der Waals surface area contributed by atoms with Gasteiger partial charge in [0, 0.05) is 7.11 Å². The van der Waals surface area contributed by atoms with Crippen LogP contribution in [-0.2, 0) is 14.4 Å². The number of methoxy groups -OCH3 is 1. The third kappa shape index (κ3) is 2.91. The van der Waals surface area contributed by atoms with Gasteiger partial charge in [-0.05, 0) is 12.8 Å². The molecule has 1 rings (SSSR count). The lowest BCUT2D eigenvalue weighted by atomic mass is 9.87. The molecule has 1 amide bonds. The third-order valence-electron chi connectivity index (χ3n) is 2.66. The minimum Gasteiger partial charge on any atom is -0.382 e. The Kier molecular flexibility index (Phi) is 4.53. The van der Waals surface area contributed by atoms with E-state index in [0.29, 0.717) is 26.1 Å². The van der Waals surface area contributed by atoms with Crippen molar-refractivity contribution >= 4 is 5.91 Å². The highest BCUT2D eigenvalue weighted by atomic mass is 16.7. The highest BCUT2D eigenvalue weighted by Crippen LogP contribution is 2.37.